The van der Waals surface area contributed by atoms with Crippen LogP contribution < -0.4 is 15.4 Å². The second-order valence-corrected chi connectivity index (χ2v) is 8.33. The lowest BCUT2D eigenvalue weighted by atomic mass is 9.45. The molecule has 1 aromatic rings. The fourth-order valence-electron chi connectivity index (χ4n) is 5.02. The summed E-state index contributed by atoms with van der Waals surface area (Å²) in [5.41, 5.74) is 1.87. The number of benzene rings is 1. The molecule has 1 unspecified atom stereocenters. The van der Waals surface area contributed by atoms with Gasteiger partial charge in [0.25, 0.3) is 0 Å². The van der Waals surface area contributed by atoms with Crippen molar-refractivity contribution in [3.05, 3.63) is 29.8 Å². The Morgan fingerprint density at radius 3 is 2.32 bits per heavy atom. The molecule has 3 nitrogen and oxygen atoms in total. The molecule has 4 atom stereocenters. The third-order valence-electron chi connectivity index (χ3n) is 6.83. The van der Waals surface area contributed by atoms with Crippen LogP contribution in [0.25, 0.3) is 0 Å². The van der Waals surface area contributed by atoms with Crippen LogP contribution >= 0.6 is 13.5 Å². The Morgan fingerprint density at radius 2 is 1.71 bits per heavy atom. The minimum absolute atomic E-state index is 0. The molecule has 0 aliphatic heterocycles. The molecule has 4 heteroatoms. The zero-order valence-corrected chi connectivity index (χ0v) is 17.3. The Bertz CT molecular complexity index is 549. The maximum atomic E-state index is 5.41. The Balaban J connectivity index is 0. The van der Waals surface area contributed by atoms with Gasteiger partial charge in [0.1, 0.15) is 5.75 Å². The van der Waals surface area contributed by atoms with Gasteiger partial charge in [0.15, 0.2) is 0 Å². The van der Waals surface area contributed by atoms with E-state index >= 15 is 0 Å². The third kappa shape index (κ3) is 6.14. The third-order valence-corrected chi connectivity index (χ3v) is 6.83. The highest BCUT2D eigenvalue weighted by Gasteiger charge is 2.55. The molecule has 3 saturated carbocycles. The van der Waals surface area contributed by atoms with E-state index in [9.17, 15) is 0 Å². The topological polar surface area (TPSA) is 33.3 Å². The smallest absolute Gasteiger partial charge is 0.122 e. The minimum atomic E-state index is 0. The number of rotatable bonds is 8. The van der Waals surface area contributed by atoms with Gasteiger partial charge in [-0.25, -0.2) is 0 Å². The minimum Gasteiger partial charge on any atom is -0.496 e. The highest BCUT2D eigenvalue weighted by atomic mass is 32.1. The molecule has 166 valence electrons. The van der Waals surface area contributed by atoms with Crippen LogP contribution in [0.15, 0.2) is 24.3 Å². The van der Waals surface area contributed by atoms with E-state index in [-0.39, 0.29) is 35.8 Å². The van der Waals surface area contributed by atoms with Gasteiger partial charge in [0.05, 0.1) is 7.11 Å². The van der Waals surface area contributed by atoms with Crippen LogP contribution in [-0.2, 0) is 6.42 Å². The molecular weight excluding hydrogens is 364 g/mol. The molecule has 0 aromatic heterocycles. The highest BCUT2D eigenvalue weighted by molar-refractivity contribution is 7.59. The van der Waals surface area contributed by atoms with Gasteiger partial charge in [0.2, 0.25) is 0 Å². The van der Waals surface area contributed by atoms with E-state index in [0.29, 0.717) is 5.41 Å². The van der Waals surface area contributed by atoms with Crippen LogP contribution in [0.5, 0.6) is 5.75 Å². The van der Waals surface area contributed by atoms with Crippen molar-refractivity contribution in [2.24, 2.45) is 23.2 Å². The Labute approximate surface area is 182 Å². The van der Waals surface area contributed by atoms with Crippen molar-refractivity contribution in [2.75, 3.05) is 26.7 Å². The summed E-state index contributed by atoms with van der Waals surface area (Å²) < 4.78 is 5.41. The summed E-state index contributed by atoms with van der Waals surface area (Å²) in [6, 6.07) is 9.01. The van der Waals surface area contributed by atoms with Crippen LogP contribution in [0.1, 0.15) is 61.5 Å². The summed E-state index contributed by atoms with van der Waals surface area (Å²) in [6.07, 6.45) is 3.84. The first-order chi connectivity index (χ1) is 11.5. The quantitative estimate of drug-likeness (QED) is 0.552. The van der Waals surface area contributed by atoms with Crippen molar-refractivity contribution in [1.82, 2.24) is 10.6 Å². The molecule has 0 radical (unpaired) electrons. The molecule has 0 spiro atoms. The first-order valence-electron chi connectivity index (χ1n) is 9.60. The van der Waals surface area contributed by atoms with E-state index in [0.717, 1.165) is 55.6 Å². The largest absolute Gasteiger partial charge is 0.496 e. The highest BCUT2D eigenvalue weighted by Crippen LogP contribution is 2.61. The predicted octanol–water partition coefficient (Wildman–Crippen LogP) is 5.51. The lowest BCUT2D eigenvalue weighted by Gasteiger charge is -2.62. The van der Waals surface area contributed by atoms with Gasteiger partial charge >= 0.3 is 0 Å². The molecular formula is C24H48N2OS. The van der Waals surface area contributed by atoms with Gasteiger partial charge < -0.3 is 15.4 Å². The van der Waals surface area contributed by atoms with Crippen LogP contribution in [0.2, 0.25) is 0 Å². The van der Waals surface area contributed by atoms with Crippen molar-refractivity contribution in [3.8, 4) is 5.75 Å². The Hall–Kier alpha value is -0.710. The van der Waals surface area contributed by atoms with Crippen molar-refractivity contribution in [1.29, 1.82) is 0 Å². The first kappa shape index (κ1) is 29.5. The van der Waals surface area contributed by atoms with E-state index in [2.05, 4.69) is 43.5 Å². The molecule has 3 aliphatic carbocycles. The van der Waals surface area contributed by atoms with Gasteiger partial charge in [-0.1, -0.05) is 61.3 Å². The average molecular weight is 413 g/mol. The molecule has 2 N–H and O–H groups in total. The molecule has 4 rings (SSSR count). The van der Waals surface area contributed by atoms with Crippen LogP contribution in [0.4, 0.5) is 0 Å². The summed E-state index contributed by atoms with van der Waals surface area (Å²) in [7, 11) is 1.74. The summed E-state index contributed by atoms with van der Waals surface area (Å²) in [4.78, 5) is 0. The number of methoxy groups -OCH3 is 1. The van der Waals surface area contributed by atoms with Crippen LogP contribution in [-0.4, -0.2) is 32.8 Å². The maximum absolute atomic E-state index is 5.41. The zero-order valence-electron chi connectivity index (χ0n) is 16.3. The van der Waals surface area contributed by atoms with Crippen LogP contribution in [0.3, 0.4) is 0 Å². The van der Waals surface area contributed by atoms with Crippen molar-refractivity contribution in [2.45, 2.75) is 68.4 Å². The fourth-order valence-corrected chi connectivity index (χ4v) is 5.02. The van der Waals surface area contributed by atoms with Crippen molar-refractivity contribution >= 4 is 13.5 Å². The summed E-state index contributed by atoms with van der Waals surface area (Å²) in [5, 5.41) is 7.36. The first-order valence-corrected chi connectivity index (χ1v) is 9.60. The van der Waals surface area contributed by atoms with Gasteiger partial charge in [0, 0.05) is 19.1 Å². The molecule has 2 bridgehead atoms. The molecule has 0 heterocycles. The second-order valence-electron chi connectivity index (χ2n) is 8.33. The summed E-state index contributed by atoms with van der Waals surface area (Å²) >= 11 is 0. The van der Waals surface area contributed by atoms with E-state index in [1.807, 2.05) is 12.1 Å². The fraction of sp³-hybridized carbons (Fsp3) is 0.750. The van der Waals surface area contributed by atoms with Crippen molar-refractivity contribution < 1.29 is 4.74 Å². The van der Waals surface area contributed by atoms with Gasteiger partial charge in [-0.05, 0) is 60.6 Å². The maximum Gasteiger partial charge on any atom is 0.122 e. The number of hydrogen-bond acceptors (Lipinski definition) is 3. The average Bonchev–Trinajstić information content (AvgIpc) is 2.58. The van der Waals surface area contributed by atoms with E-state index in [1.54, 1.807) is 7.11 Å². The Morgan fingerprint density at radius 1 is 1.04 bits per heavy atom. The molecule has 0 saturated heterocycles. The van der Waals surface area contributed by atoms with E-state index in [4.69, 9.17) is 4.74 Å². The monoisotopic (exact) mass is 412 g/mol. The molecule has 3 fully saturated rings. The zero-order chi connectivity index (χ0) is 17.2. The normalized spacial score (nSPS) is 26.3. The lowest BCUT2D eigenvalue weighted by Crippen LogP contribution is -2.60. The number of para-hydroxylation sites is 1. The van der Waals surface area contributed by atoms with E-state index in [1.165, 1.54) is 18.4 Å². The summed E-state index contributed by atoms with van der Waals surface area (Å²) in [5.74, 6) is 3.68. The SMILES string of the molecule is C.C.C.COc1ccccc1CCNCCN[C@@H]1CC2C[C@H]([C@H]1C)C2(C)C.S. The molecule has 3 aliphatic rings. The standard InChI is InChI=1S/C21H34N2O.3CH4.H2S/c1-15-18-13-17(21(18,2)3)14-19(15)23-12-11-22-10-9-16-7-5-6-8-20(16)24-4;;;;/h5-8,15,17-19,22-23H,9-14H2,1-4H3;3*1H4;1H2/t15-,17?,18-,19-;;;;/m1..../s1. The number of ether oxygens (including phenoxy) is 1. The second kappa shape index (κ2) is 12.8. The molecule has 0 amide bonds. The lowest BCUT2D eigenvalue weighted by molar-refractivity contribution is -0.114. The predicted molar refractivity (Wildman–Crippen MR) is 131 cm³/mol. The van der Waals surface area contributed by atoms with Crippen LogP contribution in [0, 0.1) is 23.2 Å². The van der Waals surface area contributed by atoms with E-state index < -0.39 is 0 Å². The van der Waals surface area contributed by atoms with Gasteiger partial charge in [-0.15, -0.1) is 0 Å². The van der Waals surface area contributed by atoms with Crippen molar-refractivity contribution in [3.63, 3.8) is 0 Å². The Kier molecular flexibility index (Phi) is 13.4. The number of fused-ring (bicyclic) bond motifs is 2. The van der Waals surface area contributed by atoms with Gasteiger partial charge in [-0.3, -0.25) is 0 Å². The van der Waals surface area contributed by atoms with Gasteiger partial charge in [-0.2, -0.15) is 13.5 Å². The number of hydrogen-bond donors (Lipinski definition) is 2. The number of nitrogens with one attached hydrogen (secondary N) is 2. The molecule has 1 aromatic carbocycles. The summed E-state index contributed by atoms with van der Waals surface area (Å²) in [6.45, 7) is 10.5. The molecule has 28 heavy (non-hydrogen) atoms.